The molecule has 0 unspecified atom stereocenters. The van der Waals surface area contributed by atoms with Crippen LogP contribution >= 0.6 is 0 Å². The van der Waals surface area contributed by atoms with Crippen LogP contribution in [0, 0.1) is 0 Å². The highest BCUT2D eigenvalue weighted by atomic mass is 16.1. The number of Topliss-reactive ketones (excluding diaryl/α,β-unsaturated/α-hetero) is 1. The van der Waals surface area contributed by atoms with Crippen LogP contribution < -0.4 is 0 Å². The SMILES string of the molecule is C=CCCCC(=C)C(C)=O. The van der Waals surface area contributed by atoms with Crippen molar-refractivity contribution in [3.63, 3.8) is 0 Å². The highest BCUT2D eigenvalue weighted by Gasteiger charge is 1.97. The molecule has 0 atom stereocenters. The first-order valence-electron chi connectivity index (χ1n) is 3.48. The van der Waals surface area contributed by atoms with Gasteiger partial charge >= 0.3 is 0 Å². The molecule has 0 heterocycles. The predicted molar refractivity (Wildman–Crippen MR) is 43.9 cm³/mol. The largest absolute Gasteiger partial charge is 0.295 e. The number of hydrogen-bond acceptors (Lipinski definition) is 1. The van der Waals surface area contributed by atoms with Crippen molar-refractivity contribution in [1.29, 1.82) is 0 Å². The summed E-state index contributed by atoms with van der Waals surface area (Å²) in [6, 6.07) is 0. The van der Waals surface area contributed by atoms with Crippen LogP contribution in [0.4, 0.5) is 0 Å². The standard InChI is InChI=1S/C9H14O/c1-4-5-6-7-8(2)9(3)10/h4H,1-2,5-7H2,3H3. The Bertz CT molecular complexity index is 145. The Balaban J connectivity index is 3.40. The number of ketones is 1. The van der Waals surface area contributed by atoms with E-state index in [1.807, 2.05) is 6.08 Å². The Labute approximate surface area is 62.4 Å². The highest BCUT2D eigenvalue weighted by Crippen LogP contribution is 2.05. The van der Waals surface area contributed by atoms with E-state index >= 15 is 0 Å². The molecule has 56 valence electrons. The second kappa shape index (κ2) is 4.98. The molecule has 0 rings (SSSR count). The summed E-state index contributed by atoms with van der Waals surface area (Å²) in [5, 5.41) is 0. The van der Waals surface area contributed by atoms with Gasteiger partial charge in [-0.1, -0.05) is 12.7 Å². The van der Waals surface area contributed by atoms with Crippen LogP contribution in [0.1, 0.15) is 26.2 Å². The molecular formula is C9H14O. The molecule has 1 nitrogen and oxygen atoms in total. The average Bonchev–Trinajstić information content (AvgIpc) is 1.88. The summed E-state index contributed by atoms with van der Waals surface area (Å²) in [7, 11) is 0. The van der Waals surface area contributed by atoms with Crippen molar-refractivity contribution in [2.45, 2.75) is 26.2 Å². The maximum Gasteiger partial charge on any atom is 0.155 e. The monoisotopic (exact) mass is 138 g/mol. The maximum atomic E-state index is 10.6. The van der Waals surface area contributed by atoms with Crippen molar-refractivity contribution < 1.29 is 4.79 Å². The topological polar surface area (TPSA) is 17.1 Å². The van der Waals surface area contributed by atoms with Crippen molar-refractivity contribution in [3.05, 3.63) is 24.8 Å². The number of hydrogen-bond donors (Lipinski definition) is 0. The first kappa shape index (κ1) is 9.15. The first-order chi connectivity index (χ1) is 4.68. The third-order valence-corrected chi connectivity index (χ3v) is 1.38. The van der Waals surface area contributed by atoms with Gasteiger partial charge in [0.15, 0.2) is 5.78 Å². The second-order valence-electron chi connectivity index (χ2n) is 2.34. The van der Waals surface area contributed by atoms with Crippen LogP contribution in [0.25, 0.3) is 0 Å². The predicted octanol–water partition coefficient (Wildman–Crippen LogP) is 2.49. The third kappa shape index (κ3) is 4.07. The highest BCUT2D eigenvalue weighted by molar-refractivity contribution is 5.92. The Morgan fingerprint density at radius 1 is 1.60 bits per heavy atom. The zero-order valence-electron chi connectivity index (χ0n) is 6.52. The van der Waals surface area contributed by atoms with E-state index in [0.717, 1.165) is 24.8 Å². The zero-order chi connectivity index (χ0) is 7.98. The fraction of sp³-hybridized carbons (Fsp3) is 0.444. The minimum atomic E-state index is 0.101. The Kier molecular flexibility index (Phi) is 4.55. The van der Waals surface area contributed by atoms with Gasteiger partial charge < -0.3 is 0 Å². The number of carbonyl (C=O) groups excluding carboxylic acids is 1. The molecule has 10 heavy (non-hydrogen) atoms. The summed E-state index contributed by atoms with van der Waals surface area (Å²) < 4.78 is 0. The molecule has 0 aromatic carbocycles. The van der Waals surface area contributed by atoms with Gasteiger partial charge in [-0.3, -0.25) is 4.79 Å². The fourth-order valence-corrected chi connectivity index (χ4v) is 0.636. The average molecular weight is 138 g/mol. The molecule has 0 N–H and O–H groups in total. The summed E-state index contributed by atoms with van der Waals surface area (Å²) in [6.45, 7) is 8.78. The maximum absolute atomic E-state index is 10.6. The molecule has 1 heteroatoms. The number of carbonyl (C=O) groups is 1. The minimum absolute atomic E-state index is 0.101. The molecule has 0 aliphatic carbocycles. The Hall–Kier alpha value is -0.850. The Morgan fingerprint density at radius 2 is 2.20 bits per heavy atom. The molecule has 0 saturated carbocycles. The molecule has 0 aromatic rings. The van der Waals surface area contributed by atoms with Crippen molar-refractivity contribution in [3.8, 4) is 0 Å². The molecular weight excluding hydrogens is 124 g/mol. The lowest BCUT2D eigenvalue weighted by Gasteiger charge is -1.97. The normalized spacial score (nSPS) is 8.90. The molecule has 0 aliphatic heterocycles. The second-order valence-corrected chi connectivity index (χ2v) is 2.34. The molecule has 0 radical (unpaired) electrons. The van der Waals surface area contributed by atoms with Gasteiger partial charge in [-0.25, -0.2) is 0 Å². The number of allylic oxidation sites excluding steroid dienone is 2. The van der Waals surface area contributed by atoms with Gasteiger partial charge in [-0.2, -0.15) is 0 Å². The molecule has 0 aliphatic rings. The molecule has 0 fully saturated rings. The lowest BCUT2D eigenvalue weighted by molar-refractivity contribution is -0.113. The van der Waals surface area contributed by atoms with E-state index in [1.165, 1.54) is 0 Å². The van der Waals surface area contributed by atoms with Crippen LogP contribution in [-0.4, -0.2) is 5.78 Å². The van der Waals surface area contributed by atoms with Gasteiger partial charge in [0.25, 0.3) is 0 Å². The van der Waals surface area contributed by atoms with Gasteiger partial charge in [-0.05, 0) is 31.8 Å². The van der Waals surface area contributed by atoms with Crippen LogP contribution in [0.5, 0.6) is 0 Å². The van der Waals surface area contributed by atoms with Crippen LogP contribution in [-0.2, 0) is 4.79 Å². The summed E-state index contributed by atoms with van der Waals surface area (Å²) in [6.07, 6.45) is 4.61. The van der Waals surface area contributed by atoms with Gasteiger partial charge in [0.2, 0.25) is 0 Å². The van der Waals surface area contributed by atoms with Gasteiger partial charge in [0.1, 0.15) is 0 Å². The van der Waals surface area contributed by atoms with E-state index in [-0.39, 0.29) is 5.78 Å². The third-order valence-electron chi connectivity index (χ3n) is 1.38. The van der Waals surface area contributed by atoms with Gasteiger partial charge in [0, 0.05) is 0 Å². The van der Waals surface area contributed by atoms with Crippen LogP contribution in [0.3, 0.4) is 0 Å². The summed E-state index contributed by atoms with van der Waals surface area (Å²) in [4.78, 5) is 10.6. The Morgan fingerprint density at radius 3 is 2.60 bits per heavy atom. The van der Waals surface area contributed by atoms with E-state index in [2.05, 4.69) is 13.2 Å². The number of unbranched alkanes of at least 4 members (excludes halogenated alkanes) is 1. The minimum Gasteiger partial charge on any atom is -0.295 e. The lowest BCUT2D eigenvalue weighted by atomic mass is 10.1. The fourth-order valence-electron chi connectivity index (χ4n) is 0.636. The van der Waals surface area contributed by atoms with Gasteiger partial charge in [-0.15, -0.1) is 6.58 Å². The molecule has 0 saturated heterocycles. The van der Waals surface area contributed by atoms with Crippen molar-refractivity contribution in [2.24, 2.45) is 0 Å². The summed E-state index contributed by atoms with van der Waals surface area (Å²) in [5.41, 5.74) is 0.724. The smallest absolute Gasteiger partial charge is 0.155 e. The van der Waals surface area contributed by atoms with Crippen molar-refractivity contribution in [1.82, 2.24) is 0 Å². The van der Waals surface area contributed by atoms with Crippen LogP contribution in [0.15, 0.2) is 24.8 Å². The number of rotatable bonds is 5. The lowest BCUT2D eigenvalue weighted by Crippen LogP contribution is -1.93. The van der Waals surface area contributed by atoms with E-state index in [4.69, 9.17) is 0 Å². The molecule has 0 amide bonds. The first-order valence-corrected chi connectivity index (χ1v) is 3.48. The molecule has 0 bridgehead atoms. The quantitative estimate of drug-likeness (QED) is 0.324. The van der Waals surface area contributed by atoms with Gasteiger partial charge in [0.05, 0.1) is 0 Å². The molecule has 0 aromatic heterocycles. The summed E-state index contributed by atoms with van der Waals surface area (Å²) in [5.74, 6) is 0.101. The van der Waals surface area contributed by atoms with E-state index in [1.54, 1.807) is 6.92 Å². The summed E-state index contributed by atoms with van der Waals surface area (Å²) >= 11 is 0. The zero-order valence-corrected chi connectivity index (χ0v) is 6.52. The van der Waals surface area contributed by atoms with E-state index in [9.17, 15) is 4.79 Å². The van der Waals surface area contributed by atoms with E-state index in [0.29, 0.717) is 0 Å². The van der Waals surface area contributed by atoms with Crippen molar-refractivity contribution >= 4 is 5.78 Å². The van der Waals surface area contributed by atoms with E-state index < -0.39 is 0 Å². The van der Waals surface area contributed by atoms with Crippen molar-refractivity contribution in [2.75, 3.05) is 0 Å². The van der Waals surface area contributed by atoms with Crippen LogP contribution in [0.2, 0.25) is 0 Å². The molecule has 0 spiro atoms.